The molecule has 0 saturated carbocycles. The first-order valence-corrected chi connectivity index (χ1v) is 3.86. The number of aryl methyl sites for hydroxylation is 2. The molecule has 0 atom stereocenters. The zero-order valence-corrected chi connectivity index (χ0v) is 7.44. The van der Waals surface area contributed by atoms with Crippen LogP contribution in [0, 0.1) is 0 Å². The highest BCUT2D eigenvalue weighted by molar-refractivity contribution is 5.86. The van der Waals surface area contributed by atoms with Crippen molar-refractivity contribution in [3.8, 4) is 0 Å². The van der Waals surface area contributed by atoms with Gasteiger partial charge in [0, 0.05) is 13.1 Å². The lowest BCUT2D eigenvalue weighted by Crippen LogP contribution is -2.23. The van der Waals surface area contributed by atoms with E-state index in [1.165, 1.54) is 13.1 Å². The SMILES string of the molecule is CCc1cc(=O)n(C)nc1C(=O)O. The Kier molecular flexibility index (Phi) is 2.46. The van der Waals surface area contributed by atoms with E-state index in [4.69, 9.17) is 5.11 Å². The first-order chi connectivity index (χ1) is 6.06. The molecule has 1 aromatic heterocycles. The average Bonchev–Trinajstić information content (AvgIpc) is 2.08. The number of aromatic carboxylic acids is 1. The van der Waals surface area contributed by atoms with E-state index < -0.39 is 5.97 Å². The maximum atomic E-state index is 11.1. The molecule has 0 aromatic carbocycles. The third-order valence-electron chi connectivity index (χ3n) is 1.75. The van der Waals surface area contributed by atoms with Gasteiger partial charge in [-0.2, -0.15) is 5.10 Å². The molecule has 0 aliphatic rings. The van der Waals surface area contributed by atoms with Crippen LogP contribution in [0.5, 0.6) is 0 Å². The van der Waals surface area contributed by atoms with Gasteiger partial charge in [-0.3, -0.25) is 4.79 Å². The maximum Gasteiger partial charge on any atom is 0.356 e. The van der Waals surface area contributed by atoms with Crippen molar-refractivity contribution in [1.82, 2.24) is 9.78 Å². The molecule has 1 rings (SSSR count). The third-order valence-corrected chi connectivity index (χ3v) is 1.75. The molecule has 1 heterocycles. The topological polar surface area (TPSA) is 72.2 Å². The van der Waals surface area contributed by atoms with Crippen LogP contribution in [0.1, 0.15) is 23.0 Å². The largest absolute Gasteiger partial charge is 0.476 e. The second kappa shape index (κ2) is 3.38. The molecule has 5 heteroatoms. The second-order valence-electron chi connectivity index (χ2n) is 2.64. The van der Waals surface area contributed by atoms with Crippen molar-refractivity contribution in [2.75, 3.05) is 0 Å². The summed E-state index contributed by atoms with van der Waals surface area (Å²) in [5, 5.41) is 12.4. The number of hydrogen-bond acceptors (Lipinski definition) is 3. The van der Waals surface area contributed by atoms with Gasteiger partial charge >= 0.3 is 5.97 Å². The Labute approximate surface area is 74.6 Å². The number of rotatable bonds is 2. The maximum absolute atomic E-state index is 11.1. The standard InChI is InChI=1S/C8H10N2O3/c1-3-5-4-6(11)10(2)9-7(5)8(12)13/h4H,3H2,1-2H3,(H,12,13). The van der Waals surface area contributed by atoms with Crippen molar-refractivity contribution in [3.63, 3.8) is 0 Å². The van der Waals surface area contributed by atoms with Crippen LogP contribution in [-0.4, -0.2) is 20.9 Å². The van der Waals surface area contributed by atoms with E-state index in [1.54, 1.807) is 6.92 Å². The molecular weight excluding hydrogens is 172 g/mol. The fourth-order valence-electron chi connectivity index (χ4n) is 1.02. The minimum absolute atomic E-state index is 0.0513. The van der Waals surface area contributed by atoms with Crippen LogP contribution in [0.3, 0.4) is 0 Å². The molecule has 0 aliphatic carbocycles. The van der Waals surface area contributed by atoms with Gasteiger partial charge in [-0.15, -0.1) is 0 Å². The molecule has 0 radical (unpaired) electrons. The van der Waals surface area contributed by atoms with Gasteiger partial charge in [0.05, 0.1) is 0 Å². The van der Waals surface area contributed by atoms with Crippen LogP contribution >= 0.6 is 0 Å². The van der Waals surface area contributed by atoms with Crippen LogP contribution in [0.2, 0.25) is 0 Å². The average molecular weight is 182 g/mol. The van der Waals surface area contributed by atoms with Crippen LogP contribution in [0.25, 0.3) is 0 Å². The lowest BCUT2D eigenvalue weighted by Gasteiger charge is -2.03. The highest BCUT2D eigenvalue weighted by Gasteiger charge is 2.12. The van der Waals surface area contributed by atoms with Gasteiger partial charge in [-0.05, 0) is 12.0 Å². The van der Waals surface area contributed by atoms with Crippen molar-refractivity contribution >= 4 is 5.97 Å². The molecule has 1 N–H and O–H groups in total. The molecule has 0 unspecified atom stereocenters. The summed E-state index contributed by atoms with van der Waals surface area (Å²) in [6, 6.07) is 1.30. The molecule has 0 saturated heterocycles. The van der Waals surface area contributed by atoms with E-state index in [0.29, 0.717) is 12.0 Å². The van der Waals surface area contributed by atoms with Gasteiger partial charge in [0.15, 0.2) is 5.69 Å². The van der Waals surface area contributed by atoms with E-state index in [9.17, 15) is 9.59 Å². The summed E-state index contributed by atoms with van der Waals surface area (Å²) in [5.41, 5.74) is 0.127. The molecular formula is C8H10N2O3. The van der Waals surface area contributed by atoms with Gasteiger partial charge in [-0.1, -0.05) is 6.92 Å². The van der Waals surface area contributed by atoms with Gasteiger partial charge in [-0.25, -0.2) is 9.48 Å². The minimum Gasteiger partial charge on any atom is -0.476 e. The molecule has 70 valence electrons. The molecule has 13 heavy (non-hydrogen) atoms. The Balaban J connectivity index is 3.42. The third kappa shape index (κ3) is 1.74. The van der Waals surface area contributed by atoms with Crippen molar-refractivity contribution in [2.24, 2.45) is 7.05 Å². The molecule has 0 spiro atoms. The summed E-state index contributed by atoms with van der Waals surface area (Å²) in [4.78, 5) is 21.7. The summed E-state index contributed by atoms with van der Waals surface area (Å²) in [5.74, 6) is -1.10. The molecule has 0 amide bonds. The first kappa shape index (κ1) is 9.44. The number of carbonyl (C=O) groups is 1. The van der Waals surface area contributed by atoms with Crippen LogP contribution < -0.4 is 5.56 Å². The predicted octanol–water partition coefficient (Wildman–Crippen LogP) is 0.0409. The fraction of sp³-hybridized carbons (Fsp3) is 0.375. The van der Waals surface area contributed by atoms with E-state index in [1.807, 2.05) is 0 Å². The Morgan fingerprint density at radius 2 is 2.31 bits per heavy atom. The van der Waals surface area contributed by atoms with E-state index in [0.717, 1.165) is 4.68 Å². The van der Waals surface area contributed by atoms with Crippen LogP contribution in [0.4, 0.5) is 0 Å². The van der Waals surface area contributed by atoms with Crippen molar-refractivity contribution in [3.05, 3.63) is 27.7 Å². The summed E-state index contributed by atoms with van der Waals surface area (Å²) < 4.78 is 1.02. The van der Waals surface area contributed by atoms with E-state index in [2.05, 4.69) is 5.10 Å². The Hall–Kier alpha value is -1.65. The Morgan fingerprint density at radius 3 is 2.77 bits per heavy atom. The van der Waals surface area contributed by atoms with Gasteiger partial charge in [0.25, 0.3) is 5.56 Å². The quantitative estimate of drug-likeness (QED) is 0.701. The van der Waals surface area contributed by atoms with Crippen LogP contribution in [0.15, 0.2) is 10.9 Å². The molecule has 0 fully saturated rings. The van der Waals surface area contributed by atoms with E-state index >= 15 is 0 Å². The number of carboxylic acids is 1. The fourth-order valence-corrected chi connectivity index (χ4v) is 1.02. The summed E-state index contributed by atoms with van der Waals surface area (Å²) >= 11 is 0. The summed E-state index contributed by atoms with van der Waals surface area (Å²) in [7, 11) is 1.42. The normalized spacial score (nSPS) is 10.0. The van der Waals surface area contributed by atoms with Crippen molar-refractivity contribution < 1.29 is 9.90 Å². The lowest BCUT2D eigenvalue weighted by atomic mass is 10.1. The number of hydrogen-bond donors (Lipinski definition) is 1. The Bertz CT molecular complexity index is 395. The van der Waals surface area contributed by atoms with Crippen molar-refractivity contribution in [1.29, 1.82) is 0 Å². The van der Waals surface area contributed by atoms with Gasteiger partial charge in [0.1, 0.15) is 0 Å². The monoisotopic (exact) mass is 182 g/mol. The van der Waals surface area contributed by atoms with Crippen LogP contribution in [-0.2, 0) is 13.5 Å². The molecule has 1 aromatic rings. The molecule has 0 aliphatic heterocycles. The lowest BCUT2D eigenvalue weighted by molar-refractivity contribution is 0.0686. The van der Waals surface area contributed by atoms with Gasteiger partial charge in [0.2, 0.25) is 0 Å². The summed E-state index contributed by atoms with van der Waals surface area (Å²) in [6.07, 6.45) is 0.491. The highest BCUT2D eigenvalue weighted by Crippen LogP contribution is 2.02. The number of aromatic nitrogens is 2. The van der Waals surface area contributed by atoms with Gasteiger partial charge < -0.3 is 5.11 Å². The van der Waals surface area contributed by atoms with Crippen molar-refractivity contribution in [2.45, 2.75) is 13.3 Å². The van der Waals surface area contributed by atoms with E-state index in [-0.39, 0.29) is 11.3 Å². The molecule has 0 bridgehead atoms. The Morgan fingerprint density at radius 1 is 1.69 bits per heavy atom. The zero-order chi connectivity index (χ0) is 10.0. The minimum atomic E-state index is -1.10. The highest BCUT2D eigenvalue weighted by atomic mass is 16.4. The number of nitrogens with zero attached hydrogens (tertiary/aromatic N) is 2. The summed E-state index contributed by atoms with van der Waals surface area (Å²) in [6.45, 7) is 1.78. The second-order valence-corrected chi connectivity index (χ2v) is 2.64. The number of carboxylic acid groups (broad SMARTS) is 1. The smallest absolute Gasteiger partial charge is 0.356 e. The first-order valence-electron chi connectivity index (χ1n) is 3.86. The zero-order valence-electron chi connectivity index (χ0n) is 7.44. The molecule has 5 nitrogen and oxygen atoms in total. The predicted molar refractivity (Wildman–Crippen MR) is 45.8 cm³/mol.